The molecule has 0 N–H and O–H groups in total. The van der Waals surface area contributed by atoms with Gasteiger partial charge in [0, 0.05) is 5.56 Å². The Morgan fingerprint density at radius 3 is 2.55 bits per heavy atom. The number of carbonyl (C=O) groups is 2. The number of nitrogens with zero attached hydrogens (tertiary/aromatic N) is 1. The molecule has 148 valence electrons. The van der Waals surface area contributed by atoms with Gasteiger partial charge < -0.3 is 9.47 Å². The van der Waals surface area contributed by atoms with Crippen molar-refractivity contribution in [1.82, 2.24) is 0 Å². The summed E-state index contributed by atoms with van der Waals surface area (Å²) >= 11 is 0. The first-order valence-electron chi connectivity index (χ1n) is 9.73. The Balaban J connectivity index is 1.68. The van der Waals surface area contributed by atoms with Crippen LogP contribution in [-0.4, -0.2) is 24.5 Å². The number of fused-ring (bicyclic) bond motifs is 1. The van der Waals surface area contributed by atoms with Gasteiger partial charge in [-0.1, -0.05) is 24.3 Å². The third-order valence-electron chi connectivity index (χ3n) is 4.88. The molecule has 0 radical (unpaired) electrons. The van der Waals surface area contributed by atoms with Crippen LogP contribution in [0.25, 0.3) is 6.08 Å². The molecule has 0 unspecified atom stereocenters. The molecular weight excluding hydrogens is 366 g/mol. The van der Waals surface area contributed by atoms with Gasteiger partial charge in [0.1, 0.15) is 17.4 Å². The highest BCUT2D eigenvalue weighted by molar-refractivity contribution is 6.03. The monoisotopic (exact) mass is 389 g/mol. The van der Waals surface area contributed by atoms with Crippen LogP contribution in [0.15, 0.2) is 48.0 Å². The molecule has 1 aliphatic carbocycles. The maximum atomic E-state index is 12.7. The highest BCUT2D eigenvalue weighted by atomic mass is 16.5. The van der Waals surface area contributed by atoms with Crippen molar-refractivity contribution in [1.29, 1.82) is 5.26 Å². The highest BCUT2D eigenvalue weighted by Crippen LogP contribution is 2.24. The van der Waals surface area contributed by atoms with Crippen molar-refractivity contribution in [2.75, 3.05) is 6.61 Å². The lowest BCUT2D eigenvalue weighted by atomic mass is 10.0. The molecule has 0 fully saturated rings. The van der Waals surface area contributed by atoms with Crippen LogP contribution in [0.5, 0.6) is 5.75 Å². The van der Waals surface area contributed by atoms with Crippen LogP contribution < -0.4 is 4.74 Å². The summed E-state index contributed by atoms with van der Waals surface area (Å²) in [7, 11) is 0. The predicted molar refractivity (Wildman–Crippen MR) is 110 cm³/mol. The van der Waals surface area contributed by atoms with Crippen molar-refractivity contribution in [3.05, 3.63) is 70.3 Å². The molecule has 1 atom stereocenters. The average Bonchev–Trinajstić information content (AvgIpc) is 3.20. The van der Waals surface area contributed by atoms with Crippen LogP contribution in [0, 0.1) is 11.3 Å². The molecule has 1 aliphatic rings. The summed E-state index contributed by atoms with van der Waals surface area (Å²) in [4.78, 5) is 25.0. The zero-order valence-corrected chi connectivity index (χ0v) is 16.6. The van der Waals surface area contributed by atoms with E-state index in [-0.39, 0.29) is 11.4 Å². The Hall–Kier alpha value is -3.39. The minimum absolute atomic E-state index is 0.164. The molecule has 29 heavy (non-hydrogen) atoms. The number of Topliss-reactive ketones (excluding diaryl/α,β-unsaturated/α-hetero) is 1. The third kappa shape index (κ3) is 4.91. The van der Waals surface area contributed by atoms with Crippen LogP contribution in [0.2, 0.25) is 0 Å². The molecule has 3 rings (SSSR count). The standard InChI is InChI=1S/C24H23NO4/c1-3-28-22-11-7-17(8-12-22)13-21(15-25)24(27)29-16(2)23(26)20-10-9-18-5-4-6-19(18)14-20/h7-14,16H,3-6H2,1-2H3/b21-13+/t16-/m1/s1. The van der Waals surface area contributed by atoms with Gasteiger partial charge in [-0.25, -0.2) is 4.79 Å². The fourth-order valence-corrected chi connectivity index (χ4v) is 3.37. The van der Waals surface area contributed by atoms with E-state index in [0.717, 1.165) is 19.3 Å². The van der Waals surface area contributed by atoms with E-state index in [2.05, 4.69) is 0 Å². The van der Waals surface area contributed by atoms with Crippen molar-refractivity contribution in [2.24, 2.45) is 0 Å². The molecule has 5 nitrogen and oxygen atoms in total. The topological polar surface area (TPSA) is 76.4 Å². The van der Waals surface area contributed by atoms with Crippen LogP contribution in [0.3, 0.4) is 0 Å². The number of ether oxygens (including phenoxy) is 2. The Bertz CT molecular complexity index is 983. The molecule has 0 saturated heterocycles. The predicted octanol–water partition coefficient (Wildman–Crippen LogP) is 4.30. The second-order valence-electron chi connectivity index (χ2n) is 6.92. The van der Waals surface area contributed by atoms with E-state index in [1.807, 2.05) is 25.1 Å². The Kier molecular flexibility index (Phi) is 6.46. The van der Waals surface area contributed by atoms with Gasteiger partial charge in [0.2, 0.25) is 5.78 Å². The number of carbonyl (C=O) groups excluding carboxylic acids is 2. The molecule has 0 amide bonds. The van der Waals surface area contributed by atoms with Gasteiger partial charge in [-0.2, -0.15) is 5.26 Å². The van der Waals surface area contributed by atoms with Crippen LogP contribution in [-0.2, 0) is 22.4 Å². The lowest BCUT2D eigenvalue weighted by Crippen LogP contribution is -2.25. The first-order valence-corrected chi connectivity index (χ1v) is 9.73. The molecule has 0 aliphatic heterocycles. The first kappa shape index (κ1) is 20.3. The summed E-state index contributed by atoms with van der Waals surface area (Å²) in [5.74, 6) is -0.380. The molecule has 2 aromatic rings. The van der Waals surface area contributed by atoms with Gasteiger partial charge in [-0.05, 0) is 74.1 Å². The Morgan fingerprint density at radius 1 is 1.14 bits per heavy atom. The fraction of sp³-hybridized carbons (Fsp3) is 0.292. The van der Waals surface area contributed by atoms with Crippen molar-refractivity contribution in [3.63, 3.8) is 0 Å². The minimum Gasteiger partial charge on any atom is -0.494 e. The molecule has 0 aromatic heterocycles. The number of hydrogen-bond donors (Lipinski definition) is 0. The normalized spacial score (nSPS) is 13.9. The number of nitriles is 1. The highest BCUT2D eigenvalue weighted by Gasteiger charge is 2.23. The maximum absolute atomic E-state index is 12.7. The smallest absolute Gasteiger partial charge is 0.349 e. The summed E-state index contributed by atoms with van der Waals surface area (Å²) in [5, 5.41) is 9.34. The quantitative estimate of drug-likeness (QED) is 0.305. The van der Waals surface area contributed by atoms with Crippen LogP contribution in [0.4, 0.5) is 0 Å². The number of ketones is 1. The Labute approximate surface area is 170 Å². The summed E-state index contributed by atoms with van der Waals surface area (Å²) in [6, 6.07) is 14.5. The van der Waals surface area contributed by atoms with Gasteiger partial charge in [0.15, 0.2) is 6.10 Å². The second kappa shape index (κ2) is 9.20. The number of benzene rings is 2. The third-order valence-corrected chi connectivity index (χ3v) is 4.88. The zero-order chi connectivity index (χ0) is 20.8. The minimum atomic E-state index is -0.973. The van der Waals surface area contributed by atoms with E-state index in [1.54, 1.807) is 30.3 Å². The molecule has 0 heterocycles. The molecule has 2 aromatic carbocycles. The van der Waals surface area contributed by atoms with E-state index in [0.29, 0.717) is 23.5 Å². The second-order valence-corrected chi connectivity index (χ2v) is 6.92. The fourth-order valence-electron chi connectivity index (χ4n) is 3.37. The summed E-state index contributed by atoms with van der Waals surface area (Å²) in [5.41, 5.74) is 3.49. The van der Waals surface area contributed by atoms with Crippen molar-refractivity contribution >= 4 is 17.8 Å². The summed E-state index contributed by atoms with van der Waals surface area (Å²) in [6.45, 7) is 3.98. The number of rotatable bonds is 7. The summed E-state index contributed by atoms with van der Waals surface area (Å²) in [6.07, 6.45) is 3.56. The van der Waals surface area contributed by atoms with Crippen LogP contribution in [0.1, 0.15) is 47.3 Å². The van der Waals surface area contributed by atoms with Gasteiger partial charge in [-0.15, -0.1) is 0 Å². The van der Waals surface area contributed by atoms with Crippen LogP contribution >= 0.6 is 0 Å². The largest absolute Gasteiger partial charge is 0.494 e. The summed E-state index contributed by atoms with van der Waals surface area (Å²) < 4.78 is 10.6. The van der Waals surface area contributed by atoms with Crippen molar-refractivity contribution < 1.29 is 19.1 Å². The zero-order valence-electron chi connectivity index (χ0n) is 16.6. The molecule has 0 spiro atoms. The number of esters is 1. The van der Waals surface area contributed by atoms with Gasteiger partial charge >= 0.3 is 5.97 Å². The lowest BCUT2D eigenvalue weighted by Gasteiger charge is -2.13. The van der Waals surface area contributed by atoms with Gasteiger partial charge in [-0.3, -0.25) is 4.79 Å². The maximum Gasteiger partial charge on any atom is 0.349 e. The Morgan fingerprint density at radius 2 is 1.86 bits per heavy atom. The number of hydrogen-bond acceptors (Lipinski definition) is 5. The molecular formula is C24H23NO4. The van der Waals surface area contributed by atoms with E-state index in [4.69, 9.17) is 9.47 Å². The van der Waals surface area contributed by atoms with Gasteiger partial charge in [0.25, 0.3) is 0 Å². The molecule has 0 bridgehead atoms. The van der Waals surface area contributed by atoms with E-state index >= 15 is 0 Å². The van der Waals surface area contributed by atoms with E-state index in [1.165, 1.54) is 24.1 Å². The van der Waals surface area contributed by atoms with Crippen molar-refractivity contribution in [3.8, 4) is 11.8 Å². The van der Waals surface area contributed by atoms with Gasteiger partial charge in [0.05, 0.1) is 6.61 Å². The number of aryl methyl sites for hydroxylation is 2. The molecule has 5 heteroatoms. The van der Waals surface area contributed by atoms with Crippen molar-refractivity contribution in [2.45, 2.75) is 39.2 Å². The lowest BCUT2D eigenvalue weighted by molar-refractivity contribution is -0.141. The van der Waals surface area contributed by atoms with E-state index < -0.39 is 12.1 Å². The molecule has 0 saturated carbocycles. The first-order chi connectivity index (χ1) is 14.0. The average molecular weight is 389 g/mol. The SMILES string of the molecule is CCOc1ccc(/C=C(\C#N)C(=O)O[C@H](C)C(=O)c2ccc3c(c2)CCC3)cc1. The van der Waals surface area contributed by atoms with E-state index in [9.17, 15) is 14.9 Å².